The lowest BCUT2D eigenvalue weighted by Crippen LogP contribution is -2.22. The number of hydrogen-bond acceptors (Lipinski definition) is 3. The van der Waals surface area contributed by atoms with Gasteiger partial charge >= 0.3 is 0 Å². The third kappa shape index (κ3) is 3.85. The zero-order chi connectivity index (χ0) is 8.65. The van der Waals surface area contributed by atoms with Crippen LogP contribution in [-0.4, -0.2) is 40.0 Å². The highest BCUT2D eigenvalue weighted by Gasteiger charge is 2.01. The molecule has 0 fully saturated rings. The Hall–Kier alpha value is -0.380. The Morgan fingerprint density at radius 2 is 2.42 bits per heavy atom. The molecule has 0 aromatic heterocycles. The van der Waals surface area contributed by atoms with Crippen LogP contribution in [0.25, 0.3) is 0 Å². The molecule has 1 aliphatic heterocycles. The summed E-state index contributed by atoms with van der Waals surface area (Å²) in [6, 6.07) is 0. The Labute approximate surface area is 73.7 Å². The predicted octanol–water partition coefficient (Wildman–Crippen LogP) is 0.569. The van der Waals surface area contributed by atoms with Crippen molar-refractivity contribution in [2.24, 2.45) is 0 Å². The minimum atomic E-state index is 0.686. The fourth-order valence-electron chi connectivity index (χ4n) is 1.15. The van der Waals surface area contributed by atoms with Crippen molar-refractivity contribution in [3.8, 4) is 0 Å². The van der Waals surface area contributed by atoms with Gasteiger partial charge in [0.2, 0.25) is 0 Å². The van der Waals surface area contributed by atoms with Crippen LogP contribution in [0.5, 0.6) is 0 Å². The van der Waals surface area contributed by atoms with Crippen LogP contribution in [0.1, 0.15) is 6.42 Å². The van der Waals surface area contributed by atoms with Crippen molar-refractivity contribution in [2.45, 2.75) is 6.42 Å². The lowest BCUT2D eigenvalue weighted by Gasteiger charge is -2.13. The van der Waals surface area contributed by atoms with E-state index in [4.69, 9.17) is 9.47 Å². The molecule has 0 aromatic carbocycles. The SMILES string of the molecule is COCCOCC1=CCNCC1. The second kappa shape index (κ2) is 6.17. The highest BCUT2D eigenvalue weighted by molar-refractivity contribution is 5.06. The van der Waals surface area contributed by atoms with E-state index in [0.717, 1.165) is 26.1 Å². The zero-order valence-electron chi connectivity index (χ0n) is 7.64. The van der Waals surface area contributed by atoms with Gasteiger partial charge in [-0.25, -0.2) is 0 Å². The summed E-state index contributed by atoms with van der Waals surface area (Å²) in [6.45, 7) is 4.22. The summed E-state index contributed by atoms with van der Waals surface area (Å²) >= 11 is 0. The molecule has 0 amide bonds. The molecule has 0 aliphatic carbocycles. The van der Waals surface area contributed by atoms with Crippen LogP contribution in [0.2, 0.25) is 0 Å². The number of rotatable bonds is 5. The monoisotopic (exact) mass is 171 g/mol. The first-order valence-corrected chi connectivity index (χ1v) is 4.39. The minimum Gasteiger partial charge on any atom is -0.382 e. The Morgan fingerprint density at radius 1 is 1.50 bits per heavy atom. The smallest absolute Gasteiger partial charge is 0.0704 e. The molecular formula is C9H17NO2. The summed E-state index contributed by atoms with van der Waals surface area (Å²) in [5.74, 6) is 0. The molecule has 0 saturated heterocycles. The van der Waals surface area contributed by atoms with Crippen molar-refractivity contribution >= 4 is 0 Å². The fraction of sp³-hybridized carbons (Fsp3) is 0.778. The zero-order valence-corrected chi connectivity index (χ0v) is 7.64. The quantitative estimate of drug-likeness (QED) is 0.484. The highest BCUT2D eigenvalue weighted by Crippen LogP contribution is 2.03. The van der Waals surface area contributed by atoms with Crippen LogP contribution in [-0.2, 0) is 9.47 Å². The Kier molecular flexibility index (Phi) is 4.99. The van der Waals surface area contributed by atoms with Gasteiger partial charge in [-0.15, -0.1) is 0 Å². The lowest BCUT2D eigenvalue weighted by molar-refractivity contribution is 0.0810. The summed E-state index contributed by atoms with van der Waals surface area (Å²) in [5.41, 5.74) is 1.41. The molecule has 12 heavy (non-hydrogen) atoms. The molecular weight excluding hydrogens is 154 g/mol. The van der Waals surface area contributed by atoms with Gasteiger partial charge in [-0.05, 0) is 18.5 Å². The van der Waals surface area contributed by atoms with E-state index in [2.05, 4.69) is 11.4 Å². The van der Waals surface area contributed by atoms with Crippen molar-refractivity contribution in [1.82, 2.24) is 5.32 Å². The Bertz CT molecular complexity index is 145. The van der Waals surface area contributed by atoms with Crippen LogP contribution >= 0.6 is 0 Å². The summed E-state index contributed by atoms with van der Waals surface area (Å²) in [5, 5.41) is 3.26. The molecule has 0 spiro atoms. The molecule has 0 unspecified atom stereocenters. The van der Waals surface area contributed by atoms with Crippen molar-refractivity contribution in [1.29, 1.82) is 0 Å². The minimum absolute atomic E-state index is 0.686. The van der Waals surface area contributed by atoms with Gasteiger partial charge < -0.3 is 14.8 Å². The maximum absolute atomic E-state index is 5.39. The molecule has 0 saturated carbocycles. The second-order valence-corrected chi connectivity index (χ2v) is 2.86. The standard InChI is InChI=1S/C9H17NO2/c1-11-6-7-12-8-9-2-4-10-5-3-9/h2,10H,3-8H2,1H3. The van der Waals surface area contributed by atoms with Gasteiger partial charge in [0.05, 0.1) is 19.8 Å². The van der Waals surface area contributed by atoms with Crippen molar-refractivity contribution in [3.05, 3.63) is 11.6 Å². The molecule has 1 aliphatic rings. The Morgan fingerprint density at radius 3 is 3.08 bits per heavy atom. The van der Waals surface area contributed by atoms with E-state index in [1.807, 2.05) is 0 Å². The maximum Gasteiger partial charge on any atom is 0.0704 e. The molecule has 3 heteroatoms. The molecule has 1 heterocycles. The number of ether oxygens (including phenoxy) is 2. The van der Waals surface area contributed by atoms with E-state index in [9.17, 15) is 0 Å². The Balaban J connectivity index is 2.01. The molecule has 3 nitrogen and oxygen atoms in total. The van der Waals surface area contributed by atoms with Crippen LogP contribution in [0, 0.1) is 0 Å². The molecule has 0 atom stereocenters. The number of methoxy groups -OCH3 is 1. The van der Waals surface area contributed by atoms with E-state index >= 15 is 0 Å². The molecule has 0 aromatic rings. The van der Waals surface area contributed by atoms with Crippen LogP contribution in [0.3, 0.4) is 0 Å². The van der Waals surface area contributed by atoms with Crippen molar-refractivity contribution < 1.29 is 9.47 Å². The van der Waals surface area contributed by atoms with Gasteiger partial charge in [-0.1, -0.05) is 6.08 Å². The van der Waals surface area contributed by atoms with Crippen molar-refractivity contribution in [3.63, 3.8) is 0 Å². The number of hydrogen-bond donors (Lipinski definition) is 1. The first-order valence-electron chi connectivity index (χ1n) is 4.39. The third-order valence-corrected chi connectivity index (χ3v) is 1.88. The van der Waals surface area contributed by atoms with E-state index in [1.165, 1.54) is 5.57 Å². The summed E-state index contributed by atoms with van der Waals surface area (Å²) < 4.78 is 10.3. The molecule has 70 valence electrons. The molecule has 1 rings (SSSR count). The lowest BCUT2D eigenvalue weighted by atomic mass is 10.1. The van der Waals surface area contributed by atoms with E-state index in [1.54, 1.807) is 7.11 Å². The van der Waals surface area contributed by atoms with Gasteiger partial charge in [0.25, 0.3) is 0 Å². The van der Waals surface area contributed by atoms with Crippen molar-refractivity contribution in [2.75, 3.05) is 40.0 Å². The molecule has 1 N–H and O–H groups in total. The van der Waals surface area contributed by atoms with E-state index in [-0.39, 0.29) is 0 Å². The fourth-order valence-corrected chi connectivity index (χ4v) is 1.15. The summed E-state index contributed by atoms with van der Waals surface area (Å²) in [4.78, 5) is 0. The van der Waals surface area contributed by atoms with E-state index in [0.29, 0.717) is 13.2 Å². The maximum atomic E-state index is 5.39. The first kappa shape index (κ1) is 9.71. The first-order chi connectivity index (χ1) is 5.93. The topological polar surface area (TPSA) is 30.5 Å². The average Bonchev–Trinajstić information content (AvgIpc) is 2.14. The predicted molar refractivity (Wildman–Crippen MR) is 48.3 cm³/mol. The van der Waals surface area contributed by atoms with Gasteiger partial charge in [-0.2, -0.15) is 0 Å². The van der Waals surface area contributed by atoms with Gasteiger partial charge in [-0.3, -0.25) is 0 Å². The molecule has 0 radical (unpaired) electrons. The summed E-state index contributed by atoms with van der Waals surface area (Å²) in [6.07, 6.45) is 3.32. The molecule has 0 bridgehead atoms. The normalized spacial score (nSPS) is 17.6. The number of nitrogens with one attached hydrogen (secondary N) is 1. The highest BCUT2D eigenvalue weighted by atomic mass is 16.5. The van der Waals surface area contributed by atoms with Gasteiger partial charge in [0.15, 0.2) is 0 Å². The van der Waals surface area contributed by atoms with Crippen LogP contribution in [0.4, 0.5) is 0 Å². The van der Waals surface area contributed by atoms with Crippen LogP contribution < -0.4 is 5.32 Å². The van der Waals surface area contributed by atoms with E-state index < -0.39 is 0 Å². The second-order valence-electron chi connectivity index (χ2n) is 2.86. The van der Waals surface area contributed by atoms with Gasteiger partial charge in [0.1, 0.15) is 0 Å². The average molecular weight is 171 g/mol. The van der Waals surface area contributed by atoms with Gasteiger partial charge in [0, 0.05) is 13.7 Å². The summed E-state index contributed by atoms with van der Waals surface area (Å²) in [7, 11) is 1.69. The largest absolute Gasteiger partial charge is 0.382 e. The third-order valence-electron chi connectivity index (χ3n) is 1.88. The van der Waals surface area contributed by atoms with Crippen LogP contribution in [0.15, 0.2) is 11.6 Å².